The molecule has 0 aromatic heterocycles. The first kappa shape index (κ1) is 21.9. The minimum Gasteiger partial charge on any atom is -0.372 e. The predicted octanol–water partition coefficient (Wildman–Crippen LogP) is 6.23. The Hall–Kier alpha value is -0.0800. The van der Waals surface area contributed by atoms with E-state index in [-0.39, 0.29) is 22.0 Å². The minimum atomic E-state index is -0.0893. The summed E-state index contributed by atoms with van der Waals surface area (Å²) in [6.45, 7) is 23.9. The molecular weight excluding hydrogens is 272 g/mol. The van der Waals surface area contributed by atoms with Crippen molar-refractivity contribution in [2.24, 2.45) is 10.8 Å². The van der Waals surface area contributed by atoms with Gasteiger partial charge in [0.05, 0.1) is 24.4 Å². The van der Waals surface area contributed by atoms with E-state index < -0.39 is 0 Å². The first-order chi connectivity index (χ1) is 9.95. The highest BCUT2D eigenvalue weighted by Gasteiger charge is 2.41. The molecule has 0 saturated carbocycles. The Labute approximate surface area is 140 Å². The summed E-state index contributed by atoms with van der Waals surface area (Å²) >= 11 is 0. The summed E-state index contributed by atoms with van der Waals surface area (Å²) in [6, 6.07) is 0. The summed E-state index contributed by atoms with van der Waals surface area (Å²) in [7, 11) is 0. The van der Waals surface area contributed by atoms with Crippen molar-refractivity contribution in [3.8, 4) is 0 Å². The Bertz CT molecular complexity index is 290. The lowest BCUT2D eigenvalue weighted by Crippen LogP contribution is -2.46. The van der Waals surface area contributed by atoms with Crippen molar-refractivity contribution in [2.75, 3.05) is 13.2 Å². The average Bonchev–Trinajstić information content (AvgIpc) is 2.50. The summed E-state index contributed by atoms with van der Waals surface area (Å²) < 4.78 is 12.6. The van der Waals surface area contributed by atoms with Crippen LogP contribution in [0, 0.1) is 10.8 Å². The molecule has 0 aliphatic rings. The summed E-state index contributed by atoms with van der Waals surface area (Å²) in [5, 5.41) is 0. The Morgan fingerprint density at radius 1 is 0.500 bits per heavy atom. The Balaban J connectivity index is 4.65. The fraction of sp³-hybridized carbons (Fsp3) is 1.00. The van der Waals surface area contributed by atoms with E-state index in [4.69, 9.17) is 9.47 Å². The SMILES string of the molecule is CCC(C)(C)C(C)(CC)OCCOC(C)(CC)C(C)(C)CC. The van der Waals surface area contributed by atoms with Gasteiger partial charge < -0.3 is 9.47 Å². The van der Waals surface area contributed by atoms with Crippen LogP contribution in [0.25, 0.3) is 0 Å². The van der Waals surface area contributed by atoms with Crippen molar-refractivity contribution in [3.63, 3.8) is 0 Å². The van der Waals surface area contributed by atoms with Crippen LogP contribution in [0.2, 0.25) is 0 Å². The maximum atomic E-state index is 6.30. The molecule has 0 rings (SSSR count). The predicted molar refractivity (Wildman–Crippen MR) is 97.4 cm³/mol. The molecule has 0 aromatic rings. The van der Waals surface area contributed by atoms with E-state index in [9.17, 15) is 0 Å². The highest BCUT2D eigenvalue weighted by atomic mass is 16.5. The van der Waals surface area contributed by atoms with Gasteiger partial charge in [0.1, 0.15) is 0 Å². The molecule has 2 nitrogen and oxygen atoms in total. The molecule has 0 aromatic carbocycles. The lowest BCUT2D eigenvalue weighted by Gasteiger charge is -2.45. The molecule has 0 radical (unpaired) electrons. The maximum Gasteiger partial charge on any atom is 0.0708 e. The van der Waals surface area contributed by atoms with E-state index in [1.807, 2.05) is 0 Å². The van der Waals surface area contributed by atoms with Crippen LogP contribution in [0.15, 0.2) is 0 Å². The standard InChI is InChI=1S/C20H42O2/c1-11-17(5,6)19(9,13-3)21-15-16-22-20(10,14-4)18(7,8)12-2/h11-16H2,1-10H3. The van der Waals surface area contributed by atoms with Crippen molar-refractivity contribution in [1.82, 2.24) is 0 Å². The zero-order chi connectivity index (χ0) is 17.7. The lowest BCUT2D eigenvalue weighted by atomic mass is 9.72. The van der Waals surface area contributed by atoms with Gasteiger partial charge in [-0.25, -0.2) is 0 Å². The fourth-order valence-electron chi connectivity index (χ4n) is 2.83. The van der Waals surface area contributed by atoms with Crippen LogP contribution >= 0.6 is 0 Å². The molecule has 0 spiro atoms. The molecule has 0 saturated heterocycles. The number of hydrogen-bond acceptors (Lipinski definition) is 2. The molecule has 22 heavy (non-hydrogen) atoms. The van der Waals surface area contributed by atoms with E-state index in [2.05, 4.69) is 69.2 Å². The fourth-order valence-corrected chi connectivity index (χ4v) is 2.83. The summed E-state index contributed by atoms with van der Waals surface area (Å²) in [6.07, 6.45) is 4.29. The molecule has 0 N–H and O–H groups in total. The second-order valence-electron chi connectivity index (χ2n) is 8.34. The summed E-state index contributed by atoms with van der Waals surface area (Å²) in [5.41, 5.74) is 0.180. The minimum absolute atomic E-state index is 0.0893. The molecule has 2 unspecified atom stereocenters. The van der Waals surface area contributed by atoms with E-state index >= 15 is 0 Å². The van der Waals surface area contributed by atoms with Crippen LogP contribution in [-0.4, -0.2) is 24.4 Å². The first-order valence-electron chi connectivity index (χ1n) is 9.23. The van der Waals surface area contributed by atoms with Gasteiger partial charge in [-0.2, -0.15) is 0 Å². The first-order valence-corrected chi connectivity index (χ1v) is 9.23. The Kier molecular flexibility index (Phi) is 8.12. The topological polar surface area (TPSA) is 18.5 Å². The molecule has 2 heteroatoms. The summed E-state index contributed by atoms with van der Waals surface area (Å²) in [4.78, 5) is 0. The van der Waals surface area contributed by atoms with Crippen molar-refractivity contribution >= 4 is 0 Å². The third-order valence-electron chi connectivity index (χ3n) is 6.90. The van der Waals surface area contributed by atoms with Gasteiger partial charge >= 0.3 is 0 Å². The number of ether oxygens (including phenoxy) is 2. The largest absolute Gasteiger partial charge is 0.372 e. The number of hydrogen-bond donors (Lipinski definition) is 0. The van der Waals surface area contributed by atoms with Crippen molar-refractivity contribution in [3.05, 3.63) is 0 Å². The number of rotatable bonds is 11. The van der Waals surface area contributed by atoms with Gasteiger partial charge in [-0.15, -0.1) is 0 Å². The second kappa shape index (κ2) is 8.15. The molecule has 0 aliphatic heterocycles. The van der Waals surface area contributed by atoms with Gasteiger partial charge in [0.15, 0.2) is 0 Å². The van der Waals surface area contributed by atoms with Gasteiger partial charge in [0.25, 0.3) is 0 Å². The molecule has 0 amide bonds. The zero-order valence-corrected chi connectivity index (χ0v) is 17.1. The summed E-state index contributed by atoms with van der Waals surface area (Å²) in [5.74, 6) is 0. The third kappa shape index (κ3) is 4.71. The van der Waals surface area contributed by atoms with Crippen LogP contribution < -0.4 is 0 Å². The van der Waals surface area contributed by atoms with E-state index in [0.717, 1.165) is 25.7 Å². The van der Waals surface area contributed by atoms with Gasteiger partial charge in [0, 0.05) is 0 Å². The van der Waals surface area contributed by atoms with Gasteiger partial charge in [-0.05, 0) is 50.4 Å². The molecule has 134 valence electrons. The smallest absolute Gasteiger partial charge is 0.0708 e. The molecule has 0 heterocycles. The Morgan fingerprint density at radius 3 is 0.955 bits per heavy atom. The van der Waals surface area contributed by atoms with Crippen molar-refractivity contribution < 1.29 is 9.47 Å². The molecule has 0 aliphatic carbocycles. The zero-order valence-electron chi connectivity index (χ0n) is 17.1. The monoisotopic (exact) mass is 314 g/mol. The highest BCUT2D eigenvalue weighted by molar-refractivity contribution is 4.91. The van der Waals surface area contributed by atoms with Crippen LogP contribution in [0.1, 0.15) is 94.9 Å². The van der Waals surface area contributed by atoms with Gasteiger partial charge in [-0.3, -0.25) is 0 Å². The van der Waals surface area contributed by atoms with Crippen molar-refractivity contribution in [2.45, 2.75) is 106 Å². The van der Waals surface area contributed by atoms with E-state index in [1.165, 1.54) is 0 Å². The van der Waals surface area contributed by atoms with Crippen LogP contribution in [0.4, 0.5) is 0 Å². The molecular formula is C20H42O2. The molecule has 2 atom stereocenters. The third-order valence-corrected chi connectivity index (χ3v) is 6.90. The van der Waals surface area contributed by atoms with Crippen LogP contribution in [-0.2, 0) is 9.47 Å². The average molecular weight is 315 g/mol. The lowest BCUT2D eigenvalue weighted by molar-refractivity contribution is -0.163. The maximum absolute atomic E-state index is 6.30. The van der Waals surface area contributed by atoms with E-state index in [1.54, 1.807) is 0 Å². The van der Waals surface area contributed by atoms with E-state index in [0.29, 0.717) is 13.2 Å². The highest BCUT2D eigenvalue weighted by Crippen LogP contribution is 2.41. The van der Waals surface area contributed by atoms with Gasteiger partial charge in [-0.1, -0.05) is 55.4 Å². The second-order valence-corrected chi connectivity index (χ2v) is 8.34. The van der Waals surface area contributed by atoms with Crippen molar-refractivity contribution in [1.29, 1.82) is 0 Å². The normalized spacial score (nSPS) is 18.8. The Morgan fingerprint density at radius 2 is 0.773 bits per heavy atom. The molecule has 0 fully saturated rings. The van der Waals surface area contributed by atoms with Crippen LogP contribution in [0.5, 0.6) is 0 Å². The van der Waals surface area contributed by atoms with Gasteiger partial charge in [0.2, 0.25) is 0 Å². The van der Waals surface area contributed by atoms with Crippen LogP contribution in [0.3, 0.4) is 0 Å². The molecule has 0 bridgehead atoms. The quantitative estimate of drug-likeness (QED) is 0.421.